The number of thioether (sulfide) groups is 1. The number of para-hydroxylation sites is 1. The normalized spacial score (nSPS) is 19.0. The lowest BCUT2D eigenvalue weighted by Gasteiger charge is -2.14. The lowest BCUT2D eigenvalue weighted by Crippen LogP contribution is -2.13. The van der Waals surface area contributed by atoms with E-state index in [1.807, 2.05) is 0 Å². The van der Waals surface area contributed by atoms with Gasteiger partial charge in [0.15, 0.2) is 0 Å². The second-order valence-electron chi connectivity index (χ2n) is 4.63. The van der Waals surface area contributed by atoms with Crippen LogP contribution in [0.5, 0.6) is 0 Å². The minimum absolute atomic E-state index is 0.839. The number of hydrogen-bond donors (Lipinski definition) is 1. The topological polar surface area (TPSA) is 12.0 Å². The molecule has 18 heavy (non-hydrogen) atoms. The van der Waals surface area contributed by atoms with Crippen molar-refractivity contribution in [1.82, 2.24) is 0 Å². The van der Waals surface area contributed by atoms with E-state index in [0.29, 0.717) is 0 Å². The summed E-state index contributed by atoms with van der Waals surface area (Å²) in [5.74, 6) is 3.49. The second-order valence-corrected chi connectivity index (χ2v) is 6.73. The van der Waals surface area contributed by atoms with Crippen molar-refractivity contribution in [3.8, 4) is 10.4 Å². The first-order valence-corrected chi connectivity index (χ1v) is 8.41. The Bertz CT molecular complexity index is 487. The van der Waals surface area contributed by atoms with Gasteiger partial charge in [0.05, 0.1) is 0 Å². The van der Waals surface area contributed by atoms with Gasteiger partial charge in [0.2, 0.25) is 0 Å². The van der Waals surface area contributed by atoms with E-state index in [0.717, 1.165) is 12.5 Å². The van der Waals surface area contributed by atoms with Crippen LogP contribution in [0.15, 0.2) is 41.8 Å². The van der Waals surface area contributed by atoms with Crippen LogP contribution in [0.3, 0.4) is 0 Å². The van der Waals surface area contributed by atoms with Crippen LogP contribution < -0.4 is 5.32 Å². The van der Waals surface area contributed by atoms with Crippen LogP contribution in [0.25, 0.3) is 10.4 Å². The quantitative estimate of drug-likeness (QED) is 0.876. The van der Waals surface area contributed by atoms with Gasteiger partial charge in [-0.3, -0.25) is 0 Å². The van der Waals surface area contributed by atoms with E-state index < -0.39 is 0 Å². The highest BCUT2D eigenvalue weighted by Crippen LogP contribution is 2.32. The molecule has 1 atom stereocenters. The summed E-state index contributed by atoms with van der Waals surface area (Å²) in [5, 5.41) is 5.78. The summed E-state index contributed by atoms with van der Waals surface area (Å²) in [4.78, 5) is 1.35. The van der Waals surface area contributed by atoms with Crippen molar-refractivity contribution >= 4 is 28.8 Å². The van der Waals surface area contributed by atoms with Gasteiger partial charge in [-0.25, -0.2) is 0 Å². The van der Waals surface area contributed by atoms with Crippen molar-refractivity contribution in [2.45, 2.75) is 6.42 Å². The smallest absolute Gasteiger partial charge is 0.0428 e. The molecule has 1 unspecified atom stereocenters. The molecule has 0 aliphatic carbocycles. The predicted octanol–water partition coefficient (Wildman–Crippen LogP) is 4.58. The van der Waals surface area contributed by atoms with Crippen molar-refractivity contribution in [3.05, 3.63) is 41.8 Å². The van der Waals surface area contributed by atoms with E-state index >= 15 is 0 Å². The molecule has 1 fully saturated rings. The molecule has 0 amide bonds. The van der Waals surface area contributed by atoms with Gasteiger partial charge in [-0.15, -0.1) is 11.3 Å². The number of benzene rings is 1. The fourth-order valence-corrected chi connectivity index (χ4v) is 4.33. The molecule has 94 valence electrons. The Morgan fingerprint density at radius 2 is 2.11 bits per heavy atom. The average molecular weight is 275 g/mol. The Morgan fingerprint density at radius 1 is 1.17 bits per heavy atom. The molecule has 1 aromatic heterocycles. The van der Waals surface area contributed by atoms with Crippen LogP contribution in [0.4, 0.5) is 5.69 Å². The number of anilines is 1. The van der Waals surface area contributed by atoms with E-state index in [1.165, 1.54) is 34.1 Å². The van der Waals surface area contributed by atoms with E-state index in [1.54, 1.807) is 11.3 Å². The van der Waals surface area contributed by atoms with Crippen LogP contribution in [-0.2, 0) is 0 Å². The summed E-state index contributed by atoms with van der Waals surface area (Å²) in [6, 6.07) is 12.9. The molecule has 1 nitrogen and oxygen atoms in total. The third-order valence-corrected chi connectivity index (χ3v) is 5.45. The highest BCUT2D eigenvalue weighted by molar-refractivity contribution is 7.99. The van der Waals surface area contributed by atoms with Crippen molar-refractivity contribution in [2.75, 3.05) is 23.4 Å². The molecule has 2 heterocycles. The van der Waals surface area contributed by atoms with E-state index in [9.17, 15) is 0 Å². The summed E-state index contributed by atoms with van der Waals surface area (Å²) in [7, 11) is 0. The standard InChI is InChI=1S/C15H17NS2/c1-2-5-14(16-10-12-7-9-17-11-12)13(4-1)15-6-3-8-18-15/h1-6,8,12,16H,7,9-11H2. The lowest BCUT2D eigenvalue weighted by molar-refractivity contribution is 0.632. The first kappa shape index (κ1) is 12.1. The van der Waals surface area contributed by atoms with Crippen molar-refractivity contribution in [2.24, 2.45) is 5.92 Å². The Kier molecular flexibility index (Phi) is 3.91. The van der Waals surface area contributed by atoms with E-state index in [2.05, 4.69) is 58.9 Å². The SMILES string of the molecule is c1csc(-c2ccccc2NCC2CCSC2)c1. The van der Waals surface area contributed by atoms with Crippen molar-refractivity contribution in [1.29, 1.82) is 0 Å². The van der Waals surface area contributed by atoms with Crippen molar-refractivity contribution in [3.63, 3.8) is 0 Å². The van der Waals surface area contributed by atoms with Gasteiger partial charge in [-0.2, -0.15) is 11.8 Å². The van der Waals surface area contributed by atoms with Crippen LogP contribution in [0, 0.1) is 5.92 Å². The molecule has 1 aliphatic rings. The van der Waals surface area contributed by atoms with Gasteiger partial charge in [-0.05, 0) is 41.4 Å². The summed E-state index contributed by atoms with van der Waals surface area (Å²) in [6.07, 6.45) is 1.36. The third kappa shape index (κ3) is 2.73. The summed E-state index contributed by atoms with van der Waals surface area (Å²) in [6.45, 7) is 1.11. The second kappa shape index (κ2) is 5.81. The zero-order valence-electron chi connectivity index (χ0n) is 10.3. The maximum atomic E-state index is 3.64. The largest absolute Gasteiger partial charge is 0.384 e. The van der Waals surface area contributed by atoms with Gasteiger partial charge in [-0.1, -0.05) is 24.3 Å². The summed E-state index contributed by atoms with van der Waals surface area (Å²) < 4.78 is 0. The van der Waals surface area contributed by atoms with Crippen LogP contribution in [0.1, 0.15) is 6.42 Å². The van der Waals surface area contributed by atoms with Gasteiger partial charge < -0.3 is 5.32 Å². The molecule has 3 rings (SSSR count). The van der Waals surface area contributed by atoms with Crippen molar-refractivity contribution < 1.29 is 0 Å². The number of hydrogen-bond acceptors (Lipinski definition) is 3. The Morgan fingerprint density at radius 3 is 2.89 bits per heavy atom. The Balaban J connectivity index is 1.75. The molecule has 0 spiro atoms. The van der Waals surface area contributed by atoms with Gasteiger partial charge in [0.25, 0.3) is 0 Å². The van der Waals surface area contributed by atoms with Crippen LogP contribution in [-0.4, -0.2) is 18.1 Å². The molecule has 1 N–H and O–H groups in total. The molecule has 0 bridgehead atoms. The van der Waals surface area contributed by atoms with Gasteiger partial charge >= 0.3 is 0 Å². The van der Waals surface area contributed by atoms with Crippen LogP contribution in [0.2, 0.25) is 0 Å². The maximum absolute atomic E-state index is 3.64. The maximum Gasteiger partial charge on any atom is 0.0428 e. The molecule has 2 aromatic rings. The Hall–Kier alpha value is -0.930. The number of nitrogens with one attached hydrogen (secondary N) is 1. The highest BCUT2D eigenvalue weighted by atomic mass is 32.2. The zero-order chi connectivity index (χ0) is 12.2. The van der Waals surface area contributed by atoms with Crippen LogP contribution >= 0.6 is 23.1 Å². The zero-order valence-corrected chi connectivity index (χ0v) is 11.9. The first-order chi connectivity index (χ1) is 8.93. The van der Waals surface area contributed by atoms with Gasteiger partial charge in [0, 0.05) is 22.7 Å². The average Bonchev–Trinajstić information content (AvgIpc) is 3.10. The van der Waals surface area contributed by atoms with E-state index in [-0.39, 0.29) is 0 Å². The first-order valence-electron chi connectivity index (χ1n) is 6.38. The monoisotopic (exact) mass is 275 g/mol. The molecule has 0 saturated carbocycles. The van der Waals surface area contributed by atoms with Gasteiger partial charge in [0.1, 0.15) is 0 Å². The third-order valence-electron chi connectivity index (χ3n) is 3.32. The summed E-state index contributed by atoms with van der Waals surface area (Å²) >= 11 is 3.89. The molecule has 1 saturated heterocycles. The number of thiophene rings is 1. The molecule has 1 aromatic carbocycles. The molecular weight excluding hydrogens is 258 g/mol. The Labute approximate surface area is 117 Å². The minimum Gasteiger partial charge on any atom is -0.384 e. The highest BCUT2D eigenvalue weighted by Gasteiger charge is 2.15. The fraction of sp³-hybridized carbons (Fsp3) is 0.333. The predicted molar refractivity (Wildman–Crippen MR) is 83.7 cm³/mol. The fourth-order valence-electron chi connectivity index (χ4n) is 2.28. The molecule has 1 aliphatic heterocycles. The molecular formula is C15H17NS2. The summed E-state index contributed by atoms with van der Waals surface area (Å²) in [5.41, 5.74) is 2.61. The lowest BCUT2D eigenvalue weighted by atomic mass is 10.1. The van der Waals surface area contributed by atoms with E-state index in [4.69, 9.17) is 0 Å². The number of rotatable bonds is 4. The minimum atomic E-state index is 0.839. The molecule has 3 heteroatoms. The molecule has 0 radical (unpaired) electrons.